The van der Waals surface area contributed by atoms with E-state index in [-0.39, 0.29) is 5.78 Å². The molecule has 16 heavy (non-hydrogen) atoms. The molecule has 0 unspecified atom stereocenters. The molecule has 1 aromatic carbocycles. The summed E-state index contributed by atoms with van der Waals surface area (Å²) in [5.41, 5.74) is 1.69. The van der Waals surface area contributed by atoms with Crippen molar-refractivity contribution in [3.63, 3.8) is 0 Å². The fourth-order valence-electron chi connectivity index (χ4n) is 1.89. The van der Waals surface area contributed by atoms with Gasteiger partial charge in [0.1, 0.15) is 0 Å². The zero-order chi connectivity index (χ0) is 11.5. The highest BCUT2D eigenvalue weighted by Gasteiger charge is 2.14. The zero-order valence-electron chi connectivity index (χ0n) is 9.29. The number of halogens is 1. The van der Waals surface area contributed by atoms with Crippen molar-refractivity contribution in [2.24, 2.45) is 0 Å². The first-order chi connectivity index (χ1) is 7.68. The number of ketones is 1. The van der Waals surface area contributed by atoms with E-state index in [1.54, 1.807) is 13.0 Å². The normalized spacial score (nSPS) is 16.2. The highest BCUT2D eigenvalue weighted by Crippen LogP contribution is 2.27. The Bertz CT molecular complexity index is 400. The number of anilines is 1. The van der Waals surface area contributed by atoms with Gasteiger partial charge in [0.15, 0.2) is 5.78 Å². The van der Waals surface area contributed by atoms with Gasteiger partial charge in [0.2, 0.25) is 0 Å². The lowest BCUT2D eigenvalue weighted by molar-refractivity contribution is 0.101. The Kier molecular flexibility index (Phi) is 3.46. The summed E-state index contributed by atoms with van der Waals surface area (Å²) in [5, 5.41) is 3.96. The highest BCUT2D eigenvalue weighted by atomic mass is 35.5. The average molecular weight is 239 g/mol. The molecule has 1 aromatic rings. The summed E-state index contributed by atoms with van der Waals surface area (Å²) in [7, 11) is 0. The molecule has 1 aliphatic heterocycles. The Hall–Kier alpha value is -1.06. The number of carbonyl (C=O) groups is 1. The number of piperazine rings is 1. The topological polar surface area (TPSA) is 32.3 Å². The van der Waals surface area contributed by atoms with Gasteiger partial charge in [0, 0.05) is 31.7 Å². The van der Waals surface area contributed by atoms with E-state index >= 15 is 0 Å². The molecule has 1 fully saturated rings. The molecular weight excluding hydrogens is 224 g/mol. The van der Waals surface area contributed by atoms with Crippen molar-refractivity contribution in [3.05, 3.63) is 28.8 Å². The second-order valence-corrected chi connectivity index (χ2v) is 4.37. The molecule has 1 N–H and O–H groups in total. The lowest BCUT2D eigenvalue weighted by Gasteiger charge is -2.30. The van der Waals surface area contributed by atoms with Crippen LogP contribution in [0.5, 0.6) is 0 Å². The number of nitrogens with one attached hydrogen (secondary N) is 1. The third-order valence-corrected chi connectivity index (χ3v) is 3.11. The van der Waals surface area contributed by atoms with Gasteiger partial charge >= 0.3 is 0 Å². The Balaban J connectivity index is 2.24. The Morgan fingerprint density at radius 3 is 2.62 bits per heavy atom. The maximum absolute atomic E-state index is 11.2. The predicted octanol–water partition coefficient (Wildman–Crippen LogP) is 1.95. The van der Waals surface area contributed by atoms with Crippen LogP contribution in [0.4, 0.5) is 5.69 Å². The molecule has 1 heterocycles. The molecule has 0 radical (unpaired) electrons. The van der Waals surface area contributed by atoms with Gasteiger partial charge in [0.25, 0.3) is 0 Å². The molecule has 0 bridgehead atoms. The standard InChI is InChI=1S/C12H15ClN2O/c1-9(16)10-2-3-12(11(13)8-10)15-6-4-14-5-7-15/h2-3,8,14H,4-7H2,1H3. The molecule has 0 aliphatic carbocycles. The first kappa shape index (κ1) is 11.4. The van der Waals surface area contributed by atoms with Crippen LogP contribution in [0.15, 0.2) is 18.2 Å². The molecule has 0 saturated carbocycles. The minimum atomic E-state index is 0.0498. The van der Waals surface area contributed by atoms with Gasteiger partial charge in [-0.05, 0) is 25.1 Å². The van der Waals surface area contributed by atoms with Gasteiger partial charge in [-0.25, -0.2) is 0 Å². The van der Waals surface area contributed by atoms with Crippen LogP contribution in [0.1, 0.15) is 17.3 Å². The second-order valence-electron chi connectivity index (χ2n) is 3.96. The van der Waals surface area contributed by atoms with Crippen molar-refractivity contribution < 1.29 is 4.79 Å². The molecule has 0 amide bonds. The van der Waals surface area contributed by atoms with Crippen LogP contribution in [0.3, 0.4) is 0 Å². The molecule has 0 atom stereocenters. The number of hydrogen-bond acceptors (Lipinski definition) is 3. The van der Waals surface area contributed by atoms with Gasteiger partial charge in [-0.1, -0.05) is 11.6 Å². The van der Waals surface area contributed by atoms with Crippen LogP contribution >= 0.6 is 11.6 Å². The first-order valence-electron chi connectivity index (χ1n) is 5.44. The van der Waals surface area contributed by atoms with Crippen LogP contribution in [-0.4, -0.2) is 32.0 Å². The Morgan fingerprint density at radius 2 is 2.06 bits per heavy atom. The van der Waals surface area contributed by atoms with Crippen LogP contribution < -0.4 is 10.2 Å². The monoisotopic (exact) mass is 238 g/mol. The first-order valence-corrected chi connectivity index (χ1v) is 5.82. The van der Waals surface area contributed by atoms with Crippen molar-refractivity contribution in [2.45, 2.75) is 6.92 Å². The number of hydrogen-bond donors (Lipinski definition) is 1. The van der Waals surface area contributed by atoms with E-state index in [4.69, 9.17) is 11.6 Å². The third-order valence-electron chi connectivity index (χ3n) is 2.81. The molecule has 2 rings (SSSR count). The molecule has 0 aromatic heterocycles. The predicted molar refractivity (Wildman–Crippen MR) is 66.5 cm³/mol. The average Bonchev–Trinajstić information content (AvgIpc) is 2.30. The van der Waals surface area contributed by atoms with Crippen molar-refractivity contribution in [2.75, 3.05) is 31.1 Å². The molecular formula is C12H15ClN2O. The molecule has 4 heteroatoms. The summed E-state index contributed by atoms with van der Waals surface area (Å²) in [6.45, 7) is 5.42. The Labute approximate surface area is 100 Å². The van der Waals surface area contributed by atoms with Gasteiger partial charge in [-0.3, -0.25) is 4.79 Å². The molecule has 3 nitrogen and oxygen atoms in total. The number of nitrogens with zero attached hydrogens (tertiary/aromatic N) is 1. The molecule has 0 spiro atoms. The second kappa shape index (κ2) is 4.85. The zero-order valence-corrected chi connectivity index (χ0v) is 10.0. The Morgan fingerprint density at radius 1 is 1.38 bits per heavy atom. The number of carbonyl (C=O) groups excluding carboxylic acids is 1. The van der Waals surface area contributed by atoms with Crippen LogP contribution in [-0.2, 0) is 0 Å². The number of rotatable bonds is 2. The minimum absolute atomic E-state index is 0.0498. The summed E-state index contributed by atoms with van der Waals surface area (Å²) in [4.78, 5) is 13.4. The minimum Gasteiger partial charge on any atom is -0.368 e. The van der Waals surface area contributed by atoms with E-state index in [2.05, 4.69) is 10.2 Å². The molecule has 1 aliphatic rings. The largest absolute Gasteiger partial charge is 0.368 e. The fraction of sp³-hybridized carbons (Fsp3) is 0.417. The summed E-state index contributed by atoms with van der Waals surface area (Å²) >= 11 is 6.19. The van der Waals surface area contributed by atoms with E-state index in [1.807, 2.05) is 12.1 Å². The van der Waals surface area contributed by atoms with Crippen LogP contribution in [0.2, 0.25) is 5.02 Å². The van der Waals surface area contributed by atoms with Crippen molar-refractivity contribution in [1.29, 1.82) is 0 Å². The lowest BCUT2D eigenvalue weighted by Crippen LogP contribution is -2.43. The maximum atomic E-state index is 11.2. The van der Waals surface area contributed by atoms with E-state index in [9.17, 15) is 4.79 Å². The third kappa shape index (κ3) is 2.36. The van der Waals surface area contributed by atoms with Crippen molar-refractivity contribution in [1.82, 2.24) is 5.32 Å². The summed E-state index contributed by atoms with van der Waals surface area (Å²) in [6, 6.07) is 5.53. The van der Waals surface area contributed by atoms with Crippen molar-refractivity contribution >= 4 is 23.1 Å². The quantitative estimate of drug-likeness (QED) is 0.800. The van der Waals surface area contributed by atoms with E-state index < -0.39 is 0 Å². The fourth-order valence-corrected chi connectivity index (χ4v) is 2.19. The van der Waals surface area contributed by atoms with E-state index in [0.29, 0.717) is 10.6 Å². The van der Waals surface area contributed by atoms with Gasteiger partial charge in [0.05, 0.1) is 10.7 Å². The lowest BCUT2D eigenvalue weighted by atomic mass is 10.1. The summed E-state index contributed by atoms with van der Waals surface area (Å²) < 4.78 is 0. The van der Waals surface area contributed by atoms with E-state index in [0.717, 1.165) is 31.9 Å². The maximum Gasteiger partial charge on any atom is 0.159 e. The molecule has 1 saturated heterocycles. The smallest absolute Gasteiger partial charge is 0.159 e. The van der Waals surface area contributed by atoms with Crippen molar-refractivity contribution in [3.8, 4) is 0 Å². The summed E-state index contributed by atoms with van der Waals surface area (Å²) in [5.74, 6) is 0.0498. The number of Topliss-reactive ketones (excluding diaryl/α,β-unsaturated/α-hetero) is 1. The van der Waals surface area contributed by atoms with Gasteiger partial charge in [-0.15, -0.1) is 0 Å². The van der Waals surface area contributed by atoms with E-state index in [1.165, 1.54) is 0 Å². The SMILES string of the molecule is CC(=O)c1ccc(N2CCNCC2)c(Cl)c1. The van der Waals surface area contributed by atoms with Crippen LogP contribution in [0.25, 0.3) is 0 Å². The molecule has 86 valence electrons. The number of benzene rings is 1. The summed E-state index contributed by atoms with van der Waals surface area (Å²) in [6.07, 6.45) is 0. The van der Waals surface area contributed by atoms with Gasteiger partial charge < -0.3 is 10.2 Å². The van der Waals surface area contributed by atoms with Crippen LogP contribution in [0, 0.1) is 0 Å². The highest BCUT2D eigenvalue weighted by molar-refractivity contribution is 6.33. The van der Waals surface area contributed by atoms with Gasteiger partial charge in [-0.2, -0.15) is 0 Å².